The predicted octanol–water partition coefficient (Wildman–Crippen LogP) is 0.713. The highest BCUT2D eigenvalue weighted by molar-refractivity contribution is 5.86. The number of amides is 2. The summed E-state index contributed by atoms with van der Waals surface area (Å²) in [5.74, 6) is -0.339. The van der Waals surface area contributed by atoms with Crippen LogP contribution < -0.4 is 10.9 Å². The van der Waals surface area contributed by atoms with Gasteiger partial charge in [-0.05, 0) is 18.9 Å². The zero-order valence-corrected chi connectivity index (χ0v) is 15.8. The van der Waals surface area contributed by atoms with E-state index in [-0.39, 0.29) is 29.4 Å². The predicted molar refractivity (Wildman–Crippen MR) is 106 cm³/mol. The van der Waals surface area contributed by atoms with E-state index in [4.69, 9.17) is 0 Å². The van der Waals surface area contributed by atoms with Crippen molar-refractivity contribution in [2.24, 2.45) is 0 Å². The molecule has 0 spiro atoms. The second-order valence-electron chi connectivity index (χ2n) is 6.99. The maximum absolute atomic E-state index is 12.8. The number of likely N-dealkylation sites (tertiary alicyclic amines) is 1. The van der Waals surface area contributed by atoms with Gasteiger partial charge in [0.25, 0.3) is 5.56 Å². The molecule has 3 aromatic rings. The summed E-state index contributed by atoms with van der Waals surface area (Å²) >= 11 is 0. The first-order chi connectivity index (χ1) is 14.0. The molecule has 2 aromatic heterocycles. The van der Waals surface area contributed by atoms with Gasteiger partial charge in [0.15, 0.2) is 11.2 Å². The molecule has 0 saturated carbocycles. The van der Waals surface area contributed by atoms with E-state index in [0.29, 0.717) is 25.2 Å². The first kappa shape index (κ1) is 18.9. The van der Waals surface area contributed by atoms with E-state index < -0.39 is 6.17 Å². The van der Waals surface area contributed by atoms with Crippen LogP contribution in [0.3, 0.4) is 0 Å². The molecular formula is C20H21N6O3. The second-order valence-corrected chi connectivity index (χ2v) is 6.99. The Balaban J connectivity index is 1.51. The Hall–Kier alpha value is -3.49. The molecule has 29 heavy (non-hydrogen) atoms. The molecular weight excluding hydrogens is 372 g/mol. The molecule has 149 valence electrons. The summed E-state index contributed by atoms with van der Waals surface area (Å²) in [5, 5.41) is 2.73. The summed E-state index contributed by atoms with van der Waals surface area (Å²) in [6, 6.07) is 9.60. The molecule has 0 bridgehead atoms. The molecule has 9 nitrogen and oxygen atoms in total. The van der Waals surface area contributed by atoms with E-state index in [1.165, 1.54) is 26.7 Å². The van der Waals surface area contributed by atoms with Gasteiger partial charge in [-0.25, -0.2) is 9.97 Å². The number of benzene rings is 1. The molecule has 2 amide bonds. The Morgan fingerprint density at radius 1 is 1.17 bits per heavy atom. The van der Waals surface area contributed by atoms with E-state index in [0.717, 1.165) is 12.0 Å². The minimum atomic E-state index is -0.706. The van der Waals surface area contributed by atoms with Crippen molar-refractivity contribution in [3.8, 4) is 0 Å². The minimum absolute atomic E-state index is 0.00517. The number of imidazole rings is 1. The van der Waals surface area contributed by atoms with Crippen LogP contribution >= 0.6 is 0 Å². The lowest BCUT2D eigenvalue weighted by atomic mass is 10.2. The van der Waals surface area contributed by atoms with Crippen molar-refractivity contribution in [2.75, 3.05) is 13.1 Å². The van der Waals surface area contributed by atoms with Gasteiger partial charge in [0, 0.05) is 13.0 Å². The lowest BCUT2D eigenvalue weighted by Crippen LogP contribution is -2.40. The van der Waals surface area contributed by atoms with Gasteiger partial charge < -0.3 is 10.2 Å². The fourth-order valence-corrected chi connectivity index (χ4v) is 3.41. The molecule has 1 saturated heterocycles. The molecule has 1 aromatic carbocycles. The van der Waals surface area contributed by atoms with E-state index in [2.05, 4.69) is 22.2 Å². The van der Waals surface area contributed by atoms with Crippen LogP contribution in [0.15, 0.2) is 47.8 Å². The average molecular weight is 393 g/mol. The van der Waals surface area contributed by atoms with E-state index in [9.17, 15) is 14.4 Å². The maximum Gasteiger partial charge on any atom is 0.281 e. The zero-order valence-electron chi connectivity index (χ0n) is 15.8. The summed E-state index contributed by atoms with van der Waals surface area (Å²) in [6.45, 7) is 4.90. The van der Waals surface area contributed by atoms with Crippen LogP contribution in [-0.2, 0) is 16.1 Å². The monoisotopic (exact) mass is 393 g/mol. The molecule has 1 unspecified atom stereocenters. The van der Waals surface area contributed by atoms with Crippen LogP contribution in [0.25, 0.3) is 11.2 Å². The highest BCUT2D eigenvalue weighted by atomic mass is 16.2. The SMILES string of the molecule is [CH2]C(NC(=O)CN1CCCC1=O)n1cnc2c(=O)n(Cc3ccccc3)cnc21. The van der Waals surface area contributed by atoms with Gasteiger partial charge in [-0.2, -0.15) is 0 Å². The Bertz CT molecular complexity index is 1100. The molecule has 1 aliphatic heterocycles. The largest absolute Gasteiger partial charge is 0.334 e. The number of carbonyl (C=O) groups excluding carboxylic acids is 2. The van der Waals surface area contributed by atoms with Gasteiger partial charge in [0.1, 0.15) is 12.5 Å². The highest BCUT2D eigenvalue weighted by Crippen LogP contribution is 2.12. The standard InChI is InChI=1S/C20H21N6O3/c1-14(23-16(27)11-24-9-5-8-17(24)28)26-13-21-18-19(26)22-12-25(20(18)29)10-15-6-3-2-4-7-15/h2-4,6-7,12-14H,1,5,8-11H2,(H,23,27). The number of fused-ring (bicyclic) bond motifs is 1. The van der Waals surface area contributed by atoms with Crippen molar-refractivity contribution in [1.82, 2.24) is 29.3 Å². The average Bonchev–Trinajstić information content (AvgIpc) is 3.31. The number of hydrogen-bond donors (Lipinski definition) is 1. The molecule has 4 rings (SSSR count). The van der Waals surface area contributed by atoms with Crippen LogP contribution in [0, 0.1) is 6.92 Å². The molecule has 1 radical (unpaired) electrons. The summed E-state index contributed by atoms with van der Waals surface area (Å²) in [4.78, 5) is 46.7. The Morgan fingerprint density at radius 3 is 2.69 bits per heavy atom. The van der Waals surface area contributed by atoms with Crippen LogP contribution in [0.4, 0.5) is 0 Å². The number of nitrogens with zero attached hydrogens (tertiary/aromatic N) is 5. The van der Waals surface area contributed by atoms with E-state index in [1.54, 1.807) is 0 Å². The van der Waals surface area contributed by atoms with Gasteiger partial charge in [-0.15, -0.1) is 0 Å². The van der Waals surface area contributed by atoms with Gasteiger partial charge in [-0.1, -0.05) is 30.3 Å². The smallest absolute Gasteiger partial charge is 0.281 e. The third-order valence-corrected chi connectivity index (χ3v) is 4.92. The molecule has 1 aliphatic rings. The lowest BCUT2D eigenvalue weighted by molar-refractivity contribution is -0.133. The van der Waals surface area contributed by atoms with Crippen molar-refractivity contribution in [3.05, 3.63) is 65.8 Å². The molecule has 0 aliphatic carbocycles. The summed E-state index contributed by atoms with van der Waals surface area (Å²) in [6.07, 6.45) is 3.44. The van der Waals surface area contributed by atoms with Crippen molar-refractivity contribution >= 4 is 23.0 Å². The molecule has 1 fully saturated rings. The van der Waals surface area contributed by atoms with Gasteiger partial charge in [0.05, 0.1) is 19.4 Å². The van der Waals surface area contributed by atoms with Crippen LogP contribution in [0.1, 0.15) is 24.6 Å². The number of aromatic nitrogens is 4. The van der Waals surface area contributed by atoms with Crippen LogP contribution in [0.2, 0.25) is 0 Å². The number of rotatable bonds is 6. The van der Waals surface area contributed by atoms with Crippen molar-refractivity contribution < 1.29 is 9.59 Å². The highest BCUT2D eigenvalue weighted by Gasteiger charge is 2.23. The lowest BCUT2D eigenvalue weighted by Gasteiger charge is -2.19. The first-order valence-corrected chi connectivity index (χ1v) is 9.39. The molecule has 3 heterocycles. The number of nitrogens with one attached hydrogen (secondary N) is 1. The van der Waals surface area contributed by atoms with Gasteiger partial charge in [-0.3, -0.25) is 23.5 Å². The number of carbonyl (C=O) groups is 2. The van der Waals surface area contributed by atoms with Gasteiger partial charge >= 0.3 is 0 Å². The fourth-order valence-electron chi connectivity index (χ4n) is 3.41. The molecule has 1 atom stereocenters. The first-order valence-electron chi connectivity index (χ1n) is 9.39. The fraction of sp³-hybridized carbons (Fsp3) is 0.300. The van der Waals surface area contributed by atoms with Crippen molar-refractivity contribution in [2.45, 2.75) is 25.6 Å². The van der Waals surface area contributed by atoms with Crippen LogP contribution in [-0.4, -0.2) is 48.9 Å². The van der Waals surface area contributed by atoms with Crippen LogP contribution in [0.5, 0.6) is 0 Å². The maximum atomic E-state index is 12.8. The summed E-state index contributed by atoms with van der Waals surface area (Å²) in [5.41, 5.74) is 1.27. The van der Waals surface area contributed by atoms with E-state index >= 15 is 0 Å². The van der Waals surface area contributed by atoms with Crippen molar-refractivity contribution in [3.63, 3.8) is 0 Å². The topological polar surface area (TPSA) is 102 Å². The third-order valence-electron chi connectivity index (χ3n) is 4.92. The second kappa shape index (κ2) is 7.86. The Kier molecular flexibility index (Phi) is 5.11. The normalized spacial score (nSPS) is 15.1. The zero-order chi connectivity index (χ0) is 20.4. The number of hydrogen-bond acceptors (Lipinski definition) is 5. The Morgan fingerprint density at radius 2 is 1.97 bits per heavy atom. The van der Waals surface area contributed by atoms with Crippen molar-refractivity contribution in [1.29, 1.82) is 0 Å². The quantitative estimate of drug-likeness (QED) is 0.665. The third kappa shape index (κ3) is 3.89. The molecule has 1 N–H and O–H groups in total. The summed E-state index contributed by atoms with van der Waals surface area (Å²) < 4.78 is 3.03. The molecule has 9 heteroatoms. The van der Waals surface area contributed by atoms with E-state index in [1.807, 2.05) is 30.3 Å². The Labute approximate surface area is 167 Å². The minimum Gasteiger partial charge on any atom is -0.334 e. The van der Waals surface area contributed by atoms with Gasteiger partial charge in [0.2, 0.25) is 11.8 Å². The summed E-state index contributed by atoms with van der Waals surface area (Å²) in [7, 11) is 0.